The van der Waals surface area contributed by atoms with Gasteiger partial charge in [-0.3, -0.25) is 19.3 Å². The normalized spacial score (nSPS) is 13.9. The number of benzene rings is 2. The summed E-state index contributed by atoms with van der Waals surface area (Å²) in [6, 6.07) is 9.21. The highest BCUT2D eigenvalue weighted by molar-refractivity contribution is 6.22. The highest BCUT2D eigenvalue weighted by Gasteiger charge is 2.41. The number of aryl methyl sites for hydroxylation is 1. The number of nitrogens with one attached hydrogen (secondary N) is 1. The molecular formula is C20H17FN2O5. The molecule has 144 valence electrons. The molecule has 1 atom stereocenters. The zero-order valence-corrected chi connectivity index (χ0v) is 15.2. The predicted octanol–water partition coefficient (Wildman–Crippen LogP) is 2.30. The largest absolute Gasteiger partial charge is 0.454 e. The molecule has 0 bridgehead atoms. The number of ether oxygens (including phenoxy) is 1. The van der Waals surface area contributed by atoms with E-state index in [1.165, 1.54) is 31.2 Å². The maximum Gasteiger partial charge on any atom is 0.329 e. The summed E-state index contributed by atoms with van der Waals surface area (Å²) in [5, 5.41) is 2.40. The second kappa shape index (κ2) is 7.59. The van der Waals surface area contributed by atoms with Crippen LogP contribution in [0.3, 0.4) is 0 Å². The number of rotatable bonds is 5. The summed E-state index contributed by atoms with van der Waals surface area (Å²) in [5.41, 5.74) is 1.08. The lowest BCUT2D eigenvalue weighted by Gasteiger charge is -2.20. The minimum atomic E-state index is -1.20. The van der Waals surface area contributed by atoms with Gasteiger partial charge in [0.2, 0.25) is 0 Å². The molecule has 0 fully saturated rings. The molecule has 1 N–H and O–H groups in total. The van der Waals surface area contributed by atoms with E-state index in [4.69, 9.17) is 4.74 Å². The number of esters is 1. The highest BCUT2D eigenvalue weighted by Crippen LogP contribution is 2.24. The number of fused-ring (bicyclic) bond motifs is 1. The van der Waals surface area contributed by atoms with E-state index in [9.17, 15) is 23.6 Å². The minimum absolute atomic E-state index is 0.214. The van der Waals surface area contributed by atoms with Crippen molar-refractivity contribution in [3.8, 4) is 0 Å². The van der Waals surface area contributed by atoms with Crippen molar-refractivity contribution in [3.63, 3.8) is 0 Å². The number of amides is 3. The Bertz CT molecular complexity index is 953. The van der Waals surface area contributed by atoms with Crippen LogP contribution in [-0.4, -0.2) is 41.2 Å². The first-order chi connectivity index (χ1) is 13.3. The van der Waals surface area contributed by atoms with Gasteiger partial charge >= 0.3 is 5.97 Å². The lowest BCUT2D eigenvalue weighted by atomic mass is 10.1. The summed E-state index contributed by atoms with van der Waals surface area (Å²) in [6.45, 7) is 2.29. The molecule has 0 aliphatic carbocycles. The van der Waals surface area contributed by atoms with Crippen molar-refractivity contribution in [3.05, 3.63) is 65.0 Å². The van der Waals surface area contributed by atoms with Crippen LogP contribution in [0.15, 0.2) is 42.5 Å². The average Bonchev–Trinajstić information content (AvgIpc) is 2.93. The van der Waals surface area contributed by atoms with E-state index < -0.39 is 42.2 Å². The van der Waals surface area contributed by atoms with Crippen LogP contribution in [0.4, 0.5) is 10.1 Å². The molecule has 2 aromatic rings. The van der Waals surface area contributed by atoms with Crippen LogP contribution >= 0.6 is 0 Å². The van der Waals surface area contributed by atoms with Crippen LogP contribution < -0.4 is 5.32 Å². The van der Waals surface area contributed by atoms with Crippen molar-refractivity contribution in [2.24, 2.45) is 0 Å². The fourth-order valence-corrected chi connectivity index (χ4v) is 2.79. The number of carbonyl (C=O) groups is 4. The molecule has 28 heavy (non-hydrogen) atoms. The van der Waals surface area contributed by atoms with E-state index in [1.54, 1.807) is 19.1 Å². The van der Waals surface area contributed by atoms with Gasteiger partial charge in [0.25, 0.3) is 17.7 Å². The van der Waals surface area contributed by atoms with Crippen LogP contribution in [0.5, 0.6) is 0 Å². The maximum atomic E-state index is 13.5. The van der Waals surface area contributed by atoms with E-state index in [0.717, 1.165) is 11.0 Å². The summed E-state index contributed by atoms with van der Waals surface area (Å²) in [6.07, 6.45) is 0. The van der Waals surface area contributed by atoms with Crippen molar-refractivity contribution in [2.75, 3.05) is 11.9 Å². The van der Waals surface area contributed by atoms with E-state index in [-0.39, 0.29) is 16.8 Å². The third kappa shape index (κ3) is 3.62. The number of hydrogen-bond acceptors (Lipinski definition) is 5. The first-order valence-electron chi connectivity index (χ1n) is 8.49. The average molecular weight is 384 g/mol. The van der Waals surface area contributed by atoms with E-state index in [0.29, 0.717) is 5.56 Å². The summed E-state index contributed by atoms with van der Waals surface area (Å²) < 4.78 is 18.4. The summed E-state index contributed by atoms with van der Waals surface area (Å²) in [4.78, 5) is 49.7. The zero-order chi connectivity index (χ0) is 20.4. The Balaban J connectivity index is 1.59. The smallest absolute Gasteiger partial charge is 0.329 e. The van der Waals surface area contributed by atoms with Crippen LogP contribution in [-0.2, 0) is 14.3 Å². The van der Waals surface area contributed by atoms with Crippen molar-refractivity contribution >= 4 is 29.4 Å². The molecule has 0 aromatic heterocycles. The van der Waals surface area contributed by atoms with Crippen LogP contribution in [0, 0.1) is 12.7 Å². The van der Waals surface area contributed by atoms with Gasteiger partial charge in [0.15, 0.2) is 6.61 Å². The third-order valence-electron chi connectivity index (χ3n) is 4.36. The first-order valence-corrected chi connectivity index (χ1v) is 8.49. The lowest BCUT2D eigenvalue weighted by Crippen LogP contribution is -2.44. The number of carbonyl (C=O) groups excluding carboxylic acids is 4. The molecule has 0 unspecified atom stereocenters. The fourth-order valence-electron chi connectivity index (χ4n) is 2.79. The van der Waals surface area contributed by atoms with Crippen molar-refractivity contribution < 1.29 is 28.3 Å². The quantitative estimate of drug-likeness (QED) is 0.631. The summed E-state index contributed by atoms with van der Waals surface area (Å²) in [7, 11) is 0. The number of hydrogen-bond donors (Lipinski definition) is 1. The molecule has 1 aliphatic rings. The van der Waals surface area contributed by atoms with Crippen molar-refractivity contribution in [2.45, 2.75) is 19.9 Å². The molecule has 3 rings (SSSR count). The molecule has 0 radical (unpaired) electrons. The van der Waals surface area contributed by atoms with Crippen LogP contribution in [0.2, 0.25) is 0 Å². The molecular weight excluding hydrogens is 367 g/mol. The Labute approximate surface area is 160 Å². The van der Waals surface area contributed by atoms with Gasteiger partial charge in [-0.1, -0.05) is 18.2 Å². The predicted molar refractivity (Wildman–Crippen MR) is 97.1 cm³/mol. The molecule has 1 heterocycles. The number of nitrogens with zero attached hydrogens (tertiary/aromatic N) is 1. The Morgan fingerprint density at radius 2 is 1.71 bits per heavy atom. The first kappa shape index (κ1) is 19.2. The van der Waals surface area contributed by atoms with E-state index in [2.05, 4.69) is 5.32 Å². The van der Waals surface area contributed by atoms with E-state index in [1.807, 2.05) is 0 Å². The second-order valence-corrected chi connectivity index (χ2v) is 6.32. The third-order valence-corrected chi connectivity index (χ3v) is 4.36. The van der Waals surface area contributed by atoms with Crippen LogP contribution in [0.1, 0.15) is 33.2 Å². The highest BCUT2D eigenvalue weighted by atomic mass is 19.1. The fraction of sp³-hybridized carbons (Fsp3) is 0.200. The van der Waals surface area contributed by atoms with E-state index >= 15 is 0 Å². The molecule has 7 nitrogen and oxygen atoms in total. The Hall–Kier alpha value is -3.55. The molecule has 0 saturated heterocycles. The minimum Gasteiger partial charge on any atom is -0.454 e. The zero-order valence-electron chi connectivity index (χ0n) is 15.2. The van der Waals surface area contributed by atoms with Gasteiger partial charge in [-0.15, -0.1) is 0 Å². The standard InChI is InChI=1S/C20H17FN2O5/c1-11-7-8-13(9-16(11)21)22-17(24)10-28-20(27)12(2)23-18(25)14-5-3-4-6-15(14)19(23)26/h3-9,12H,10H2,1-2H3,(H,22,24)/t12-/m1/s1. The second-order valence-electron chi connectivity index (χ2n) is 6.32. The lowest BCUT2D eigenvalue weighted by molar-refractivity contribution is -0.150. The Kier molecular flexibility index (Phi) is 5.21. The molecule has 1 aliphatic heterocycles. The van der Waals surface area contributed by atoms with Gasteiger partial charge in [0.05, 0.1) is 11.1 Å². The number of imide groups is 1. The SMILES string of the molecule is Cc1ccc(NC(=O)COC(=O)[C@@H](C)N2C(=O)c3ccccc3C2=O)cc1F. The molecule has 0 spiro atoms. The van der Waals surface area contributed by atoms with Gasteiger partial charge in [0, 0.05) is 5.69 Å². The van der Waals surface area contributed by atoms with Gasteiger partial charge < -0.3 is 10.1 Å². The van der Waals surface area contributed by atoms with Crippen molar-refractivity contribution in [1.29, 1.82) is 0 Å². The monoisotopic (exact) mass is 384 g/mol. The topological polar surface area (TPSA) is 92.8 Å². The number of anilines is 1. The van der Waals surface area contributed by atoms with Gasteiger partial charge in [0.1, 0.15) is 11.9 Å². The summed E-state index contributed by atoms with van der Waals surface area (Å²) >= 11 is 0. The van der Waals surface area contributed by atoms with Crippen molar-refractivity contribution in [1.82, 2.24) is 4.90 Å². The molecule has 0 saturated carbocycles. The summed E-state index contributed by atoms with van der Waals surface area (Å²) in [5.74, 6) is -3.24. The molecule has 8 heteroatoms. The Morgan fingerprint density at radius 3 is 2.29 bits per heavy atom. The Morgan fingerprint density at radius 1 is 1.11 bits per heavy atom. The van der Waals surface area contributed by atoms with Gasteiger partial charge in [-0.05, 0) is 43.7 Å². The van der Waals surface area contributed by atoms with Crippen LogP contribution in [0.25, 0.3) is 0 Å². The maximum absolute atomic E-state index is 13.5. The molecule has 3 amide bonds. The molecule has 2 aromatic carbocycles. The number of halogens is 1. The van der Waals surface area contributed by atoms with Gasteiger partial charge in [-0.25, -0.2) is 9.18 Å². The van der Waals surface area contributed by atoms with Gasteiger partial charge in [-0.2, -0.15) is 0 Å².